The lowest BCUT2D eigenvalue weighted by Crippen LogP contribution is -2.08. The fraction of sp³-hybridized carbons (Fsp3) is 0.692. The van der Waals surface area contributed by atoms with E-state index in [-0.39, 0.29) is 11.6 Å². The molecule has 1 aromatic rings. The topological polar surface area (TPSA) is 90.2 Å². The van der Waals surface area contributed by atoms with E-state index in [1.807, 2.05) is 6.92 Å². The molecule has 0 bridgehead atoms. The summed E-state index contributed by atoms with van der Waals surface area (Å²) in [7, 11) is 0. The van der Waals surface area contributed by atoms with Gasteiger partial charge in [0, 0.05) is 6.54 Å². The van der Waals surface area contributed by atoms with Gasteiger partial charge in [-0.3, -0.25) is 10.1 Å². The number of nitrogens with zero attached hydrogens (tertiary/aromatic N) is 3. The zero-order valence-electron chi connectivity index (χ0n) is 12.3. The second kappa shape index (κ2) is 8.29. The summed E-state index contributed by atoms with van der Waals surface area (Å²) in [4.78, 5) is 18.4. The molecule has 0 unspecified atom stereocenters. The third-order valence-electron chi connectivity index (χ3n) is 2.63. The lowest BCUT2D eigenvalue weighted by molar-refractivity contribution is -0.386. The van der Waals surface area contributed by atoms with Gasteiger partial charge < -0.3 is 10.1 Å². The normalized spacial score (nSPS) is 10.6. The maximum atomic E-state index is 10.9. The van der Waals surface area contributed by atoms with Crippen molar-refractivity contribution in [2.75, 3.05) is 18.5 Å². The Balaban J connectivity index is 2.70. The molecule has 7 heteroatoms. The molecule has 1 N–H and O–H groups in total. The highest BCUT2D eigenvalue weighted by molar-refractivity contribution is 5.43. The first-order chi connectivity index (χ1) is 9.54. The van der Waals surface area contributed by atoms with Crippen LogP contribution in [0.4, 0.5) is 11.6 Å². The smallest absolute Gasteiger partial charge is 0.349 e. The Kier molecular flexibility index (Phi) is 6.69. The molecule has 7 nitrogen and oxygen atoms in total. The zero-order chi connectivity index (χ0) is 15.0. The molecule has 0 aromatic carbocycles. The highest BCUT2D eigenvalue weighted by Crippen LogP contribution is 2.24. The van der Waals surface area contributed by atoms with Crippen molar-refractivity contribution in [2.45, 2.75) is 40.0 Å². The summed E-state index contributed by atoms with van der Waals surface area (Å²) >= 11 is 0. The van der Waals surface area contributed by atoms with Gasteiger partial charge in [0.25, 0.3) is 5.88 Å². The van der Waals surface area contributed by atoms with Gasteiger partial charge in [0.15, 0.2) is 0 Å². The maximum absolute atomic E-state index is 10.9. The first-order valence-corrected chi connectivity index (χ1v) is 6.92. The van der Waals surface area contributed by atoms with Crippen molar-refractivity contribution in [3.05, 3.63) is 16.3 Å². The standard InChI is InChI=1S/C13H22N4O3/c1-4-7-14-13-15-9-11(17(18)19)12(16-13)20-8-5-6-10(2)3/h9-10H,4-8H2,1-3H3,(H,14,15,16). The number of ether oxygens (including phenoxy) is 1. The first kappa shape index (κ1) is 16.1. The molecule has 1 rings (SSSR count). The largest absolute Gasteiger partial charge is 0.473 e. The molecular formula is C13H22N4O3. The van der Waals surface area contributed by atoms with E-state index in [2.05, 4.69) is 29.1 Å². The predicted octanol–water partition coefficient (Wildman–Crippen LogP) is 3.02. The van der Waals surface area contributed by atoms with E-state index in [9.17, 15) is 10.1 Å². The van der Waals surface area contributed by atoms with Crippen LogP contribution in [0.15, 0.2) is 6.20 Å². The molecule has 0 spiro atoms. The molecule has 1 aromatic heterocycles. The zero-order valence-corrected chi connectivity index (χ0v) is 12.3. The number of nitrogens with one attached hydrogen (secondary N) is 1. The molecule has 1 heterocycles. The lowest BCUT2D eigenvalue weighted by atomic mass is 10.1. The van der Waals surface area contributed by atoms with Gasteiger partial charge >= 0.3 is 5.69 Å². The minimum absolute atomic E-state index is 0.0346. The third-order valence-corrected chi connectivity index (χ3v) is 2.63. The Hall–Kier alpha value is -1.92. The van der Waals surface area contributed by atoms with E-state index in [1.54, 1.807) is 0 Å². The molecular weight excluding hydrogens is 260 g/mol. The summed E-state index contributed by atoms with van der Waals surface area (Å²) < 4.78 is 5.44. The van der Waals surface area contributed by atoms with Crippen LogP contribution in [0.3, 0.4) is 0 Å². The molecule has 112 valence electrons. The van der Waals surface area contributed by atoms with Crippen molar-refractivity contribution in [3.63, 3.8) is 0 Å². The predicted molar refractivity (Wildman–Crippen MR) is 77.0 cm³/mol. The van der Waals surface area contributed by atoms with Crippen LogP contribution in [0, 0.1) is 16.0 Å². The van der Waals surface area contributed by atoms with Crippen LogP contribution in [0.25, 0.3) is 0 Å². The van der Waals surface area contributed by atoms with Gasteiger partial charge in [-0.15, -0.1) is 0 Å². The quantitative estimate of drug-likeness (QED) is 0.425. The van der Waals surface area contributed by atoms with Crippen LogP contribution in [0.2, 0.25) is 0 Å². The Morgan fingerprint density at radius 3 is 2.85 bits per heavy atom. The van der Waals surface area contributed by atoms with Crippen molar-refractivity contribution in [2.24, 2.45) is 5.92 Å². The van der Waals surface area contributed by atoms with Crippen LogP contribution in [-0.4, -0.2) is 28.0 Å². The second-order valence-electron chi connectivity index (χ2n) is 4.95. The van der Waals surface area contributed by atoms with Crippen LogP contribution >= 0.6 is 0 Å². The van der Waals surface area contributed by atoms with Gasteiger partial charge in [-0.2, -0.15) is 4.98 Å². The van der Waals surface area contributed by atoms with Crippen molar-refractivity contribution < 1.29 is 9.66 Å². The summed E-state index contributed by atoms with van der Waals surface area (Å²) in [6.07, 6.45) is 3.96. The van der Waals surface area contributed by atoms with Crippen molar-refractivity contribution in [3.8, 4) is 5.88 Å². The molecule has 0 radical (unpaired) electrons. The van der Waals surface area contributed by atoms with E-state index in [1.165, 1.54) is 6.20 Å². The molecule has 0 aliphatic heterocycles. The van der Waals surface area contributed by atoms with E-state index < -0.39 is 4.92 Å². The average Bonchev–Trinajstić information content (AvgIpc) is 2.41. The monoisotopic (exact) mass is 282 g/mol. The average molecular weight is 282 g/mol. The number of anilines is 1. The van der Waals surface area contributed by atoms with Gasteiger partial charge in [-0.1, -0.05) is 20.8 Å². The summed E-state index contributed by atoms with van der Waals surface area (Å²) in [6, 6.07) is 0. The van der Waals surface area contributed by atoms with E-state index >= 15 is 0 Å². The summed E-state index contributed by atoms with van der Waals surface area (Å²) in [5.74, 6) is 0.976. The molecule has 20 heavy (non-hydrogen) atoms. The number of hydrogen-bond acceptors (Lipinski definition) is 6. The summed E-state index contributed by atoms with van der Waals surface area (Å²) in [5.41, 5.74) is -0.198. The number of aromatic nitrogens is 2. The van der Waals surface area contributed by atoms with Crippen molar-refractivity contribution in [1.82, 2.24) is 9.97 Å². The van der Waals surface area contributed by atoms with Gasteiger partial charge in [-0.25, -0.2) is 4.98 Å². The number of hydrogen-bond donors (Lipinski definition) is 1. The highest BCUT2D eigenvalue weighted by Gasteiger charge is 2.18. The van der Waals surface area contributed by atoms with E-state index in [4.69, 9.17) is 4.74 Å². The van der Waals surface area contributed by atoms with Crippen LogP contribution in [-0.2, 0) is 0 Å². The van der Waals surface area contributed by atoms with Gasteiger partial charge in [0.2, 0.25) is 5.95 Å². The molecule has 0 fully saturated rings. The Bertz CT molecular complexity index is 438. The van der Waals surface area contributed by atoms with Gasteiger partial charge in [0.05, 0.1) is 11.5 Å². The molecule has 0 saturated heterocycles. The summed E-state index contributed by atoms with van der Waals surface area (Å²) in [6.45, 7) is 7.40. The van der Waals surface area contributed by atoms with E-state index in [0.29, 0.717) is 25.0 Å². The minimum atomic E-state index is -0.526. The molecule has 0 atom stereocenters. The Labute approximate surface area is 118 Å². The molecule has 0 aliphatic rings. The Morgan fingerprint density at radius 1 is 1.50 bits per heavy atom. The number of nitro groups is 1. The maximum Gasteiger partial charge on any atom is 0.349 e. The van der Waals surface area contributed by atoms with Gasteiger partial charge in [-0.05, 0) is 25.2 Å². The second-order valence-corrected chi connectivity index (χ2v) is 4.95. The Morgan fingerprint density at radius 2 is 2.25 bits per heavy atom. The van der Waals surface area contributed by atoms with Crippen LogP contribution < -0.4 is 10.1 Å². The van der Waals surface area contributed by atoms with Crippen LogP contribution in [0.5, 0.6) is 5.88 Å². The van der Waals surface area contributed by atoms with Crippen molar-refractivity contribution in [1.29, 1.82) is 0 Å². The van der Waals surface area contributed by atoms with Crippen molar-refractivity contribution >= 4 is 11.6 Å². The summed E-state index contributed by atoms with van der Waals surface area (Å²) in [5, 5.41) is 13.9. The molecule has 0 aliphatic carbocycles. The van der Waals surface area contributed by atoms with Gasteiger partial charge in [0.1, 0.15) is 6.20 Å². The number of rotatable bonds is 9. The highest BCUT2D eigenvalue weighted by atomic mass is 16.6. The lowest BCUT2D eigenvalue weighted by Gasteiger charge is -2.08. The molecule has 0 amide bonds. The molecule has 0 saturated carbocycles. The first-order valence-electron chi connectivity index (χ1n) is 6.92. The SMILES string of the molecule is CCCNc1ncc([N+](=O)[O-])c(OCCCC(C)C)n1. The minimum Gasteiger partial charge on any atom is -0.473 e. The van der Waals surface area contributed by atoms with Crippen LogP contribution in [0.1, 0.15) is 40.0 Å². The fourth-order valence-corrected chi connectivity index (χ4v) is 1.57. The third kappa shape index (κ3) is 5.38. The van der Waals surface area contributed by atoms with E-state index in [0.717, 1.165) is 19.3 Å². The fourth-order valence-electron chi connectivity index (χ4n) is 1.57.